The summed E-state index contributed by atoms with van der Waals surface area (Å²) in [6.07, 6.45) is 2.24. The number of aliphatic hydroxyl groups is 1. The van der Waals surface area contributed by atoms with Gasteiger partial charge in [-0.3, -0.25) is 0 Å². The van der Waals surface area contributed by atoms with Gasteiger partial charge < -0.3 is 9.84 Å². The molecule has 0 saturated heterocycles. The number of benzene rings is 1. The van der Waals surface area contributed by atoms with Gasteiger partial charge in [-0.2, -0.15) is 0 Å². The Morgan fingerprint density at radius 3 is 2.52 bits per heavy atom. The maximum absolute atomic E-state index is 10.3. The molecule has 0 amide bonds. The average Bonchev–Trinajstić information content (AvgIpc) is 2.78. The van der Waals surface area contributed by atoms with Crippen molar-refractivity contribution in [1.29, 1.82) is 0 Å². The fraction of sp³-hybridized carbons (Fsp3) is 0.471. The fourth-order valence-corrected chi connectivity index (χ4v) is 3.00. The minimum Gasteiger partial charge on any atom is -0.494 e. The van der Waals surface area contributed by atoms with E-state index in [0.717, 1.165) is 41.5 Å². The molecule has 1 aromatic heterocycles. The number of hydrogen-bond donors (Lipinski definition) is 1. The van der Waals surface area contributed by atoms with Gasteiger partial charge in [0.25, 0.3) is 0 Å². The van der Waals surface area contributed by atoms with Crippen molar-refractivity contribution in [3.63, 3.8) is 0 Å². The minimum atomic E-state index is -0.514. The van der Waals surface area contributed by atoms with Gasteiger partial charge in [0.15, 0.2) is 0 Å². The van der Waals surface area contributed by atoms with Gasteiger partial charge in [-0.15, -0.1) is 11.3 Å². The highest BCUT2D eigenvalue weighted by Gasteiger charge is 2.12. The number of aryl methyl sites for hydroxylation is 2. The maximum Gasteiger partial charge on any atom is 0.119 e. The lowest BCUT2D eigenvalue weighted by Gasteiger charge is -2.11. The topological polar surface area (TPSA) is 42.4 Å². The molecule has 4 heteroatoms. The van der Waals surface area contributed by atoms with Crippen LogP contribution < -0.4 is 4.74 Å². The predicted molar refractivity (Wildman–Crippen MR) is 87.1 cm³/mol. The van der Waals surface area contributed by atoms with Crippen LogP contribution in [0.3, 0.4) is 0 Å². The normalized spacial score (nSPS) is 12.4. The van der Waals surface area contributed by atoms with Crippen LogP contribution in [0.25, 0.3) is 0 Å². The van der Waals surface area contributed by atoms with Crippen LogP contribution in [0.4, 0.5) is 0 Å². The van der Waals surface area contributed by atoms with E-state index in [4.69, 9.17) is 4.74 Å². The smallest absolute Gasteiger partial charge is 0.119 e. The van der Waals surface area contributed by atoms with E-state index < -0.39 is 6.10 Å². The van der Waals surface area contributed by atoms with Gasteiger partial charge in [0.1, 0.15) is 5.75 Å². The molecule has 2 rings (SSSR count). The molecular weight excluding hydrogens is 282 g/mol. The summed E-state index contributed by atoms with van der Waals surface area (Å²) >= 11 is 1.66. The van der Waals surface area contributed by atoms with Crippen molar-refractivity contribution >= 4 is 11.3 Å². The Bertz CT molecular complexity index is 543. The van der Waals surface area contributed by atoms with Crippen molar-refractivity contribution < 1.29 is 9.84 Å². The summed E-state index contributed by atoms with van der Waals surface area (Å²) in [5.41, 5.74) is 1.96. The van der Waals surface area contributed by atoms with Crippen molar-refractivity contribution in [1.82, 2.24) is 4.98 Å². The third-order valence-corrected chi connectivity index (χ3v) is 4.57. The summed E-state index contributed by atoms with van der Waals surface area (Å²) in [6, 6.07) is 7.71. The molecule has 1 atom stereocenters. The number of nitrogens with zero attached hydrogens (tertiary/aromatic N) is 1. The molecule has 0 aliphatic rings. The van der Waals surface area contributed by atoms with Crippen LogP contribution in [-0.4, -0.2) is 16.7 Å². The zero-order valence-corrected chi connectivity index (χ0v) is 13.7. The molecule has 3 nitrogen and oxygen atoms in total. The van der Waals surface area contributed by atoms with Crippen LogP contribution in [0.5, 0.6) is 5.75 Å². The van der Waals surface area contributed by atoms with E-state index >= 15 is 0 Å². The third kappa shape index (κ3) is 4.55. The van der Waals surface area contributed by atoms with E-state index in [1.54, 1.807) is 11.3 Å². The lowest BCUT2D eigenvalue weighted by molar-refractivity contribution is 0.178. The first-order valence-corrected chi connectivity index (χ1v) is 8.25. The van der Waals surface area contributed by atoms with Crippen LogP contribution in [0.1, 0.15) is 47.0 Å². The van der Waals surface area contributed by atoms with Crippen LogP contribution in [0.15, 0.2) is 24.3 Å². The fourth-order valence-electron chi connectivity index (χ4n) is 2.03. The summed E-state index contributed by atoms with van der Waals surface area (Å²) in [4.78, 5) is 5.70. The van der Waals surface area contributed by atoms with Crippen LogP contribution >= 0.6 is 11.3 Å². The Morgan fingerprint density at radius 2 is 1.95 bits per heavy atom. The second kappa shape index (κ2) is 7.57. The Kier molecular flexibility index (Phi) is 5.76. The number of aliphatic hydroxyl groups excluding tert-OH is 1. The number of aromatic nitrogens is 1. The molecule has 1 heterocycles. The summed E-state index contributed by atoms with van der Waals surface area (Å²) in [5, 5.41) is 11.3. The lowest BCUT2D eigenvalue weighted by Crippen LogP contribution is -2.02. The zero-order valence-electron chi connectivity index (χ0n) is 12.9. The van der Waals surface area contributed by atoms with Crippen molar-refractivity contribution in [2.24, 2.45) is 0 Å². The zero-order chi connectivity index (χ0) is 15.2. The quantitative estimate of drug-likeness (QED) is 0.779. The molecule has 0 radical (unpaired) electrons. The molecule has 0 fully saturated rings. The van der Waals surface area contributed by atoms with Crippen molar-refractivity contribution in [2.75, 3.05) is 6.61 Å². The van der Waals surface area contributed by atoms with E-state index in [9.17, 15) is 5.11 Å². The Labute approximate surface area is 130 Å². The van der Waals surface area contributed by atoms with Crippen molar-refractivity contribution in [3.05, 3.63) is 45.4 Å². The molecule has 0 saturated carbocycles. The van der Waals surface area contributed by atoms with Crippen LogP contribution in [-0.2, 0) is 6.42 Å². The highest BCUT2D eigenvalue weighted by Crippen LogP contribution is 2.24. The Morgan fingerprint density at radius 1 is 1.24 bits per heavy atom. The number of rotatable bonds is 7. The van der Waals surface area contributed by atoms with Gasteiger partial charge in [0.05, 0.1) is 23.4 Å². The molecule has 1 unspecified atom stereocenters. The SMILES string of the molecule is CCCCOc1ccc(C(O)Cc2nc(C)c(C)s2)cc1. The molecule has 2 aromatic rings. The number of unbranched alkanes of at least 4 members (excludes halogenated alkanes) is 1. The van der Waals surface area contributed by atoms with E-state index in [2.05, 4.69) is 18.8 Å². The highest BCUT2D eigenvalue weighted by molar-refractivity contribution is 7.11. The van der Waals surface area contributed by atoms with Gasteiger partial charge in [0.2, 0.25) is 0 Å². The first-order valence-electron chi connectivity index (χ1n) is 7.44. The summed E-state index contributed by atoms with van der Waals surface area (Å²) in [6.45, 7) is 6.95. The standard InChI is InChI=1S/C17H23NO2S/c1-4-5-10-20-15-8-6-14(7-9-15)16(19)11-17-18-12(2)13(3)21-17/h6-9,16,19H,4-5,10-11H2,1-3H3. The van der Waals surface area contributed by atoms with E-state index in [0.29, 0.717) is 6.42 Å². The third-order valence-electron chi connectivity index (χ3n) is 3.47. The van der Waals surface area contributed by atoms with E-state index in [1.807, 2.05) is 31.2 Å². The molecular formula is C17H23NO2S. The largest absolute Gasteiger partial charge is 0.494 e. The molecule has 0 spiro atoms. The Hall–Kier alpha value is -1.39. The molecule has 1 aromatic carbocycles. The second-order valence-electron chi connectivity index (χ2n) is 5.24. The van der Waals surface area contributed by atoms with Crippen LogP contribution in [0, 0.1) is 13.8 Å². The summed E-state index contributed by atoms with van der Waals surface area (Å²) in [5.74, 6) is 0.861. The second-order valence-corrected chi connectivity index (χ2v) is 6.53. The first-order chi connectivity index (χ1) is 10.1. The maximum atomic E-state index is 10.3. The summed E-state index contributed by atoms with van der Waals surface area (Å²) in [7, 11) is 0. The van der Waals surface area contributed by atoms with Gasteiger partial charge >= 0.3 is 0 Å². The highest BCUT2D eigenvalue weighted by atomic mass is 32.1. The molecule has 0 aliphatic carbocycles. The molecule has 0 aliphatic heterocycles. The summed E-state index contributed by atoms with van der Waals surface area (Å²) < 4.78 is 5.63. The van der Waals surface area contributed by atoms with Gasteiger partial charge in [-0.05, 0) is 38.0 Å². The molecule has 114 valence electrons. The molecule has 0 bridgehead atoms. The number of ether oxygens (including phenoxy) is 1. The van der Waals surface area contributed by atoms with Crippen molar-refractivity contribution in [2.45, 2.75) is 46.1 Å². The first kappa shape index (κ1) is 16.0. The molecule has 1 N–H and O–H groups in total. The number of hydrogen-bond acceptors (Lipinski definition) is 4. The van der Waals surface area contributed by atoms with E-state index in [-0.39, 0.29) is 0 Å². The Balaban J connectivity index is 1.94. The van der Waals surface area contributed by atoms with Gasteiger partial charge in [0, 0.05) is 11.3 Å². The molecule has 21 heavy (non-hydrogen) atoms. The van der Waals surface area contributed by atoms with E-state index in [1.165, 1.54) is 4.88 Å². The predicted octanol–water partition coefficient (Wildman–Crippen LogP) is 4.21. The van der Waals surface area contributed by atoms with Crippen molar-refractivity contribution in [3.8, 4) is 5.75 Å². The monoisotopic (exact) mass is 305 g/mol. The minimum absolute atomic E-state index is 0.514. The number of thiazole rings is 1. The lowest BCUT2D eigenvalue weighted by atomic mass is 10.1. The van der Waals surface area contributed by atoms with Gasteiger partial charge in [-0.1, -0.05) is 25.5 Å². The van der Waals surface area contributed by atoms with Crippen LogP contribution in [0.2, 0.25) is 0 Å². The van der Waals surface area contributed by atoms with Gasteiger partial charge in [-0.25, -0.2) is 4.98 Å². The average molecular weight is 305 g/mol.